The third-order valence-electron chi connectivity index (χ3n) is 3.84. The number of hydrogen-bond donors (Lipinski definition) is 2. The fourth-order valence-electron chi connectivity index (χ4n) is 2.32. The van der Waals surface area contributed by atoms with Gasteiger partial charge >= 0.3 is 5.97 Å². The van der Waals surface area contributed by atoms with E-state index in [2.05, 4.69) is 5.32 Å². The Bertz CT molecular complexity index is 708. The number of aliphatic hydroxyl groups is 1. The molecule has 1 aliphatic heterocycles. The Morgan fingerprint density at radius 2 is 2.17 bits per heavy atom. The molecule has 7 heteroatoms. The third-order valence-corrected chi connectivity index (χ3v) is 4.65. The van der Waals surface area contributed by atoms with Gasteiger partial charge in [0.1, 0.15) is 5.75 Å². The number of imide groups is 1. The molecular weight excluding hydrogens is 318 g/mol. The lowest BCUT2D eigenvalue weighted by atomic mass is 9.86. The molecule has 0 aromatic heterocycles. The highest BCUT2D eigenvalue weighted by molar-refractivity contribution is 8.18. The van der Waals surface area contributed by atoms with Crippen LogP contribution in [0.15, 0.2) is 23.1 Å². The van der Waals surface area contributed by atoms with Crippen LogP contribution in [0.3, 0.4) is 0 Å². The lowest BCUT2D eigenvalue weighted by Gasteiger charge is -2.23. The number of benzene rings is 1. The van der Waals surface area contributed by atoms with Gasteiger partial charge in [-0.05, 0) is 48.4 Å². The van der Waals surface area contributed by atoms with Crippen LogP contribution >= 0.6 is 11.8 Å². The van der Waals surface area contributed by atoms with Crippen LogP contribution in [0, 0.1) is 5.92 Å². The second kappa shape index (κ2) is 6.55. The first-order valence-corrected chi connectivity index (χ1v) is 8.09. The summed E-state index contributed by atoms with van der Waals surface area (Å²) in [7, 11) is 0. The van der Waals surface area contributed by atoms with Crippen molar-refractivity contribution in [3.05, 3.63) is 34.2 Å². The van der Waals surface area contributed by atoms with Crippen molar-refractivity contribution in [3.8, 4) is 5.75 Å². The summed E-state index contributed by atoms with van der Waals surface area (Å²) in [6.07, 6.45) is 4.29. The summed E-state index contributed by atoms with van der Waals surface area (Å²) in [6, 6.07) is 4.90. The number of nitrogens with one attached hydrogen (secondary N) is 1. The summed E-state index contributed by atoms with van der Waals surface area (Å²) in [5.41, 5.74) is 1.10. The third kappa shape index (κ3) is 3.46. The normalized spacial score (nSPS) is 19.6. The highest BCUT2D eigenvalue weighted by Gasteiger charge is 2.28. The highest BCUT2D eigenvalue weighted by atomic mass is 32.2. The molecule has 23 heavy (non-hydrogen) atoms. The van der Waals surface area contributed by atoms with E-state index in [9.17, 15) is 19.5 Å². The molecule has 1 saturated heterocycles. The van der Waals surface area contributed by atoms with Gasteiger partial charge in [0.05, 0.1) is 17.4 Å². The number of aliphatic hydroxyl groups excluding tert-OH is 1. The van der Waals surface area contributed by atoms with E-state index in [0.29, 0.717) is 16.9 Å². The molecule has 1 saturated carbocycles. The average Bonchev–Trinajstić information content (AvgIpc) is 2.76. The summed E-state index contributed by atoms with van der Waals surface area (Å²) < 4.78 is 5.35. The van der Waals surface area contributed by atoms with Gasteiger partial charge in [-0.25, -0.2) is 0 Å². The molecule has 120 valence electrons. The van der Waals surface area contributed by atoms with Gasteiger partial charge in [-0.3, -0.25) is 19.7 Å². The van der Waals surface area contributed by atoms with Crippen LogP contribution in [0.5, 0.6) is 5.75 Å². The van der Waals surface area contributed by atoms with E-state index in [1.165, 1.54) is 0 Å². The molecule has 2 N–H and O–H groups in total. The Hall–Kier alpha value is -2.12. The average molecular weight is 333 g/mol. The number of esters is 1. The van der Waals surface area contributed by atoms with Crippen LogP contribution in [0.4, 0.5) is 4.79 Å². The zero-order chi connectivity index (χ0) is 16.4. The molecule has 0 bridgehead atoms. The van der Waals surface area contributed by atoms with Crippen LogP contribution in [-0.4, -0.2) is 22.2 Å². The van der Waals surface area contributed by atoms with Crippen LogP contribution in [0.25, 0.3) is 6.08 Å². The van der Waals surface area contributed by atoms with E-state index < -0.39 is 11.1 Å². The van der Waals surface area contributed by atoms with Crippen LogP contribution in [-0.2, 0) is 16.2 Å². The second-order valence-corrected chi connectivity index (χ2v) is 6.44. The zero-order valence-corrected chi connectivity index (χ0v) is 13.0. The van der Waals surface area contributed by atoms with Gasteiger partial charge in [0.25, 0.3) is 11.1 Å². The molecule has 0 atom stereocenters. The van der Waals surface area contributed by atoms with E-state index in [1.54, 1.807) is 24.3 Å². The molecule has 1 aromatic rings. The van der Waals surface area contributed by atoms with Crippen molar-refractivity contribution in [2.24, 2.45) is 5.92 Å². The Morgan fingerprint density at radius 1 is 1.39 bits per heavy atom. The Labute approximate surface area is 136 Å². The maximum atomic E-state index is 11.9. The lowest BCUT2D eigenvalue weighted by molar-refractivity contribution is -0.141. The number of amides is 2. The Morgan fingerprint density at radius 3 is 2.74 bits per heavy atom. The summed E-state index contributed by atoms with van der Waals surface area (Å²) in [5.74, 6) is -0.432. The van der Waals surface area contributed by atoms with Crippen molar-refractivity contribution in [3.63, 3.8) is 0 Å². The molecule has 1 aromatic carbocycles. The number of hydrogen-bond acceptors (Lipinski definition) is 6. The van der Waals surface area contributed by atoms with Gasteiger partial charge in [-0.15, -0.1) is 0 Å². The van der Waals surface area contributed by atoms with E-state index in [4.69, 9.17) is 4.74 Å². The fraction of sp³-hybridized carbons (Fsp3) is 0.312. The van der Waals surface area contributed by atoms with Gasteiger partial charge in [0, 0.05) is 5.56 Å². The standard InChI is InChI=1S/C16H15NO5S/c18-8-11-6-9(7-13-14(19)17-16(21)23-13)4-5-12(11)22-15(20)10-2-1-3-10/h4-7,10,18H,1-3,8H2,(H,17,19,21)/b13-7-. The molecule has 0 unspecified atom stereocenters. The van der Waals surface area contributed by atoms with Gasteiger partial charge in [0.15, 0.2) is 0 Å². The molecular formula is C16H15NO5S. The van der Waals surface area contributed by atoms with Crippen LogP contribution in [0.2, 0.25) is 0 Å². The first-order valence-electron chi connectivity index (χ1n) is 7.27. The zero-order valence-electron chi connectivity index (χ0n) is 12.2. The first-order chi connectivity index (χ1) is 11.1. The Balaban J connectivity index is 1.79. The van der Waals surface area contributed by atoms with E-state index in [0.717, 1.165) is 31.0 Å². The molecule has 0 radical (unpaired) electrons. The molecule has 0 spiro atoms. The summed E-state index contributed by atoms with van der Waals surface area (Å²) in [6.45, 7) is -0.289. The van der Waals surface area contributed by atoms with E-state index in [-0.39, 0.29) is 23.4 Å². The number of ether oxygens (including phenoxy) is 1. The molecule has 3 rings (SSSR count). The van der Waals surface area contributed by atoms with Crippen molar-refractivity contribution in [1.82, 2.24) is 5.32 Å². The minimum atomic E-state index is -0.439. The SMILES string of the molecule is O=C1NC(=O)/C(=C/c2ccc(OC(=O)C3CCC3)c(CO)c2)S1. The predicted molar refractivity (Wildman–Crippen MR) is 84.4 cm³/mol. The quantitative estimate of drug-likeness (QED) is 0.498. The van der Waals surface area contributed by atoms with Gasteiger partial charge in [-0.1, -0.05) is 12.5 Å². The smallest absolute Gasteiger partial charge is 0.314 e. The minimum Gasteiger partial charge on any atom is -0.426 e. The molecule has 6 nitrogen and oxygen atoms in total. The summed E-state index contributed by atoms with van der Waals surface area (Å²) in [4.78, 5) is 34.9. The fourth-order valence-corrected chi connectivity index (χ4v) is 3.00. The largest absolute Gasteiger partial charge is 0.426 e. The number of carbonyl (C=O) groups is 3. The number of thioether (sulfide) groups is 1. The van der Waals surface area contributed by atoms with Crippen molar-refractivity contribution in [2.75, 3.05) is 0 Å². The van der Waals surface area contributed by atoms with Crippen molar-refractivity contribution in [2.45, 2.75) is 25.9 Å². The maximum Gasteiger partial charge on any atom is 0.314 e. The predicted octanol–water partition coefficient (Wildman–Crippen LogP) is 2.21. The van der Waals surface area contributed by atoms with Gasteiger partial charge < -0.3 is 9.84 Å². The van der Waals surface area contributed by atoms with Crippen molar-refractivity contribution >= 4 is 35.0 Å². The minimum absolute atomic E-state index is 0.0482. The number of rotatable bonds is 4. The molecule has 1 aliphatic carbocycles. The molecule has 2 aliphatic rings. The maximum absolute atomic E-state index is 11.9. The van der Waals surface area contributed by atoms with Crippen LogP contribution < -0.4 is 10.1 Å². The topological polar surface area (TPSA) is 92.7 Å². The second-order valence-electron chi connectivity index (χ2n) is 5.43. The molecule has 1 heterocycles. The van der Waals surface area contributed by atoms with Crippen molar-refractivity contribution in [1.29, 1.82) is 0 Å². The highest BCUT2D eigenvalue weighted by Crippen LogP contribution is 2.31. The summed E-state index contributed by atoms with van der Waals surface area (Å²) >= 11 is 0.825. The van der Waals surface area contributed by atoms with E-state index in [1.807, 2.05) is 0 Å². The van der Waals surface area contributed by atoms with Gasteiger partial charge in [0.2, 0.25) is 0 Å². The Kier molecular flexibility index (Phi) is 4.49. The lowest BCUT2D eigenvalue weighted by Crippen LogP contribution is -2.26. The van der Waals surface area contributed by atoms with Crippen molar-refractivity contribution < 1.29 is 24.2 Å². The number of carbonyl (C=O) groups excluding carboxylic acids is 3. The molecule has 2 amide bonds. The monoisotopic (exact) mass is 333 g/mol. The van der Waals surface area contributed by atoms with Crippen LogP contribution in [0.1, 0.15) is 30.4 Å². The van der Waals surface area contributed by atoms with E-state index >= 15 is 0 Å². The first kappa shape index (κ1) is 15.8. The summed E-state index contributed by atoms with van der Waals surface area (Å²) in [5, 5.41) is 11.2. The molecule has 2 fully saturated rings. The van der Waals surface area contributed by atoms with Gasteiger partial charge in [-0.2, -0.15) is 0 Å².